The zero-order valence-electron chi connectivity index (χ0n) is 14.8. The van der Waals surface area contributed by atoms with Crippen molar-refractivity contribution in [3.8, 4) is 0 Å². The van der Waals surface area contributed by atoms with Gasteiger partial charge < -0.3 is 10.6 Å². The minimum atomic E-state index is -0.310. The Bertz CT molecular complexity index is 743. The van der Waals surface area contributed by atoms with Gasteiger partial charge in [-0.05, 0) is 29.8 Å². The summed E-state index contributed by atoms with van der Waals surface area (Å²) in [7, 11) is 1.60. The average Bonchev–Trinajstić information content (AvgIpc) is 2.70. The number of hydrogen-bond acceptors (Lipinski definition) is 4. The molecule has 0 saturated carbocycles. The molecule has 5 nitrogen and oxygen atoms in total. The number of nitrogens with one attached hydrogen (secondary N) is 2. The average molecular weight is 369 g/mol. The number of amides is 2. The summed E-state index contributed by atoms with van der Waals surface area (Å²) in [4.78, 5) is 26.9. The van der Waals surface area contributed by atoms with Crippen molar-refractivity contribution in [3.63, 3.8) is 0 Å². The topological polar surface area (TPSA) is 61.4 Å². The molecule has 26 heavy (non-hydrogen) atoms. The van der Waals surface area contributed by atoms with Crippen molar-refractivity contribution in [2.75, 3.05) is 37.0 Å². The van der Waals surface area contributed by atoms with Crippen molar-refractivity contribution < 1.29 is 9.59 Å². The van der Waals surface area contributed by atoms with Crippen LogP contribution in [0.3, 0.4) is 0 Å². The van der Waals surface area contributed by atoms with E-state index in [9.17, 15) is 9.59 Å². The van der Waals surface area contributed by atoms with Crippen LogP contribution < -0.4 is 10.6 Å². The van der Waals surface area contributed by atoms with E-state index in [1.165, 1.54) is 0 Å². The van der Waals surface area contributed by atoms with Crippen molar-refractivity contribution in [2.45, 2.75) is 6.04 Å². The Labute approximate surface area is 158 Å². The largest absolute Gasteiger partial charge is 0.355 e. The lowest BCUT2D eigenvalue weighted by atomic mass is 10.0. The molecule has 1 saturated heterocycles. The molecule has 1 fully saturated rings. The zero-order chi connectivity index (χ0) is 18.4. The van der Waals surface area contributed by atoms with Crippen molar-refractivity contribution >= 4 is 29.3 Å². The fourth-order valence-corrected chi connectivity index (χ4v) is 3.99. The molecule has 2 aromatic carbocycles. The van der Waals surface area contributed by atoms with Gasteiger partial charge in [-0.3, -0.25) is 14.5 Å². The third-order valence-electron chi connectivity index (χ3n) is 4.42. The second kappa shape index (κ2) is 8.87. The number of anilines is 1. The molecule has 136 valence electrons. The first-order valence-corrected chi connectivity index (χ1v) is 9.84. The van der Waals surface area contributed by atoms with E-state index in [0.717, 1.165) is 30.2 Å². The lowest BCUT2D eigenvalue weighted by molar-refractivity contribution is -0.121. The summed E-state index contributed by atoms with van der Waals surface area (Å²) >= 11 is 1.92. The Balaban J connectivity index is 1.78. The fraction of sp³-hybridized carbons (Fsp3) is 0.300. The number of carbonyl (C=O) groups is 2. The third kappa shape index (κ3) is 4.45. The molecule has 1 unspecified atom stereocenters. The van der Waals surface area contributed by atoms with E-state index >= 15 is 0 Å². The molecule has 2 aromatic rings. The van der Waals surface area contributed by atoms with Crippen LogP contribution in [0.4, 0.5) is 5.69 Å². The highest BCUT2D eigenvalue weighted by molar-refractivity contribution is 7.99. The van der Waals surface area contributed by atoms with Gasteiger partial charge in [0.1, 0.15) is 6.04 Å². The number of hydrogen-bond donors (Lipinski definition) is 2. The molecule has 0 radical (unpaired) electrons. The molecule has 0 aromatic heterocycles. The van der Waals surface area contributed by atoms with Gasteiger partial charge in [0.05, 0.1) is 0 Å². The summed E-state index contributed by atoms with van der Waals surface area (Å²) in [6, 6.07) is 16.5. The van der Waals surface area contributed by atoms with Gasteiger partial charge in [-0.15, -0.1) is 0 Å². The molecule has 6 heteroatoms. The predicted molar refractivity (Wildman–Crippen MR) is 107 cm³/mol. The van der Waals surface area contributed by atoms with Crippen LogP contribution in [-0.4, -0.2) is 48.4 Å². The van der Waals surface area contributed by atoms with Gasteiger partial charge in [-0.25, -0.2) is 0 Å². The van der Waals surface area contributed by atoms with Gasteiger partial charge in [0.2, 0.25) is 5.91 Å². The molecule has 0 bridgehead atoms. The van der Waals surface area contributed by atoms with Crippen molar-refractivity contribution in [1.29, 1.82) is 0 Å². The van der Waals surface area contributed by atoms with Crippen LogP contribution in [0.5, 0.6) is 0 Å². The summed E-state index contributed by atoms with van der Waals surface area (Å²) in [6.45, 7) is 1.79. The van der Waals surface area contributed by atoms with Crippen molar-refractivity contribution in [3.05, 3.63) is 65.7 Å². The molecule has 0 aliphatic carbocycles. The standard InChI is InChI=1S/C20H23N3O2S/c1-21-19(24)16-7-9-17(10-8-16)22-20(25)18(15-5-3-2-4-6-15)23-11-13-26-14-12-23/h2-10,18H,11-14H2,1H3,(H,21,24)(H,22,25). The van der Waals surface area contributed by atoms with Gasteiger partial charge in [0.15, 0.2) is 0 Å². The van der Waals surface area contributed by atoms with E-state index in [1.807, 2.05) is 42.1 Å². The van der Waals surface area contributed by atoms with E-state index in [4.69, 9.17) is 0 Å². The maximum absolute atomic E-state index is 13.0. The number of benzene rings is 2. The first-order valence-electron chi connectivity index (χ1n) is 8.69. The fourth-order valence-electron chi connectivity index (χ4n) is 3.06. The number of carbonyl (C=O) groups excluding carboxylic acids is 2. The molecule has 1 aliphatic heterocycles. The first-order chi connectivity index (χ1) is 12.7. The lowest BCUT2D eigenvalue weighted by Gasteiger charge is -2.33. The minimum Gasteiger partial charge on any atom is -0.355 e. The summed E-state index contributed by atoms with van der Waals surface area (Å²) in [5, 5.41) is 5.59. The van der Waals surface area contributed by atoms with Gasteiger partial charge in [0.25, 0.3) is 5.91 Å². The second-order valence-electron chi connectivity index (χ2n) is 6.11. The van der Waals surface area contributed by atoms with Gasteiger partial charge >= 0.3 is 0 Å². The Kier molecular flexibility index (Phi) is 6.30. The zero-order valence-corrected chi connectivity index (χ0v) is 15.6. The van der Waals surface area contributed by atoms with E-state index in [-0.39, 0.29) is 17.9 Å². The number of nitrogens with zero attached hydrogens (tertiary/aromatic N) is 1. The molecule has 2 amide bonds. The highest BCUT2D eigenvalue weighted by Crippen LogP contribution is 2.26. The van der Waals surface area contributed by atoms with Gasteiger partial charge in [-0.1, -0.05) is 30.3 Å². The van der Waals surface area contributed by atoms with E-state index in [2.05, 4.69) is 15.5 Å². The third-order valence-corrected chi connectivity index (χ3v) is 5.36. The van der Waals surface area contributed by atoms with E-state index < -0.39 is 0 Å². The maximum Gasteiger partial charge on any atom is 0.251 e. The molecular formula is C20H23N3O2S. The van der Waals surface area contributed by atoms with Gasteiger partial charge in [0, 0.05) is 42.9 Å². The minimum absolute atomic E-state index is 0.0456. The molecule has 1 atom stereocenters. The van der Waals surface area contributed by atoms with Gasteiger partial charge in [-0.2, -0.15) is 11.8 Å². The normalized spacial score (nSPS) is 15.9. The summed E-state index contributed by atoms with van der Waals surface area (Å²) in [6.07, 6.45) is 0. The SMILES string of the molecule is CNC(=O)c1ccc(NC(=O)C(c2ccccc2)N2CCSCC2)cc1. The highest BCUT2D eigenvalue weighted by Gasteiger charge is 2.28. The molecule has 2 N–H and O–H groups in total. The second-order valence-corrected chi connectivity index (χ2v) is 7.33. The Morgan fingerprint density at radius 1 is 1.00 bits per heavy atom. The Hall–Kier alpha value is -2.31. The van der Waals surface area contributed by atoms with Crippen LogP contribution in [0.25, 0.3) is 0 Å². The smallest absolute Gasteiger partial charge is 0.251 e. The highest BCUT2D eigenvalue weighted by atomic mass is 32.2. The molecule has 1 heterocycles. The van der Waals surface area contributed by atoms with Crippen LogP contribution in [0.1, 0.15) is 22.0 Å². The summed E-state index contributed by atoms with van der Waals surface area (Å²) < 4.78 is 0. The summed E-state index contributed by atoms with van der Waals surface area (Å²) in [5.41, 5.74) is 2.26. The van der Waals surface area contributed by atoms with E-state index in [0.29, 0.717) is 11.3 Å². The number of thioether (sulfide) groups is 1. The van der Waals surface area contributed by atoms with Crippen molar-refractivity contribution in [2.24, 2.45) is 0 Å². The van der Waals surface area contributed by atoms with Crippen LogP contribution in [0.2, 0.25) is 0 Å². The molecular weight excluding hydrogens is 346 g/mol. The maximum atomic E-state index is 13.0. The Morgan fingerprint density at radius 3 is 2.27 bits per heavy atom. The van der Waals surface area contributed by atoms with Crippen molar-refractivity contribution in [1.82, 2.24) is 10.2 Å². The van der Waals surface area contributed by atoms with Crippen LogP contribution in [0, 0.1) is 0 Å². The lowest BCUT2D eigenvalue weighted by Crippen LogP contribution is -2.41. The molecule has 0 spiro atoms. The van der Waals surface area contributed by atoms with E-state index in [1.54, 1.807) is 31.3 Å². The Morgan fingerprint density at radius 2 is 1.65 bits per heavy atom. The monoisotopic (exact) mass is 369 g/mol. The summed E-state index contributed by atoms with van der Waals surface area (Å²) in [5.74, 6) is 1.89. The first kappa shape index (κ1) is 18.5. The van der Waals surface area contributed by atoms with Crippen LogP contribution in [-0.2, 0) is 4.79 Å². The predicted octanol–water partition coefficient (Wildman–Crippen LogP) is 2.77. The van der Waals surface area contributed by atoms with Crippen LogP contribution in [0.15, 0.2) is 54.6 Å². The molecule has 3 rings (SSSR count). The quantitative estimate of drug-likeness (QED) is 0.851. The number of rotatable bonds is 5. The molecule has 1 aliphatic rings. The van der Waals surface area contributed by atoms with Crippen LogP contribution >= 0.6 is 11.8 Å².